The smallest absolute Gasteiger partial charge is 0.278 e. The Bertz CT molecular complexity index is 668. The molecule has 1 aliphatic rings. The van der Waals surface area contributed by atoms with E-state index in [4.69, 9.17) is 9.84 Å². The van der Waals surface area contributed by atoms with Crippen LogP contribution in [0.3, 0.4) is 0 Å². The molecule has 0 spiro atoms. The van der Waals surface area contributed by atoms with Gasteiger partial charge in [-0.25, -0.2) is 9.97 Å². The molecule has 1 saturated heterocycles. The largest absolute Gasteiger partial charge is 0.396 e. The Balaban J connectivity index is 2.00. The van der Waals surface area contributed by atoms with Crippen molar-refractivity contribution < 1.29 is 20.1 Å². The molecule has 4 N–H and O–H groups in total. The predicted octanol–water partition coefficient (Wildman–Crippen LogP) is -2.02. The van der Waals surface area contributed by atoms with Crippen LogP contribution < -0.4 is 5.56 Å². The number of aliphatic hydroxyl groups is 3. The average Bonchev–Trinajstić information content (AvgIpc) is 2.87. The second-order valence-corrected chi connectivity index (χ2v) is 4.70. The molecular formula is C11H14N4O5. The van der Waals surface area contributed by atoms with Gasteiger partial charge in [0.2, 0.25) is 0 Å². The summed E-state index contributed by atoms with van der Waals surface area (Å²) < 4.78 is 6.85. The summed E-state index contributed by atoms with van der Waals surface area (Å²) >= 11 is 0. The highest BCUT2D eigenvalue weighted by Crippen LogP contribution is 2.28. The first-order chi connectivity index (χ1) is 9.63. The molecule has 0 amide bonds. The van der Waals surface area contributed by atoms with Crippen LogP contribution >= 0.6 is 0 Å². The monoisotopic (exact) mass is 282 g/mol. The Morgan fingerprint density at radius 2 is 2.20 bits per heavy atom. The molecule has 0 radical (unpaired) electrons. The lowest BCUT2D eigenvalue weighted by atomic mass is 9.95. The van der Waals surface area contributed by atoms with E-state index in [1.165, 1.54) is 17.2 Å². The van der Waals surface area contributed by atoms with Crippen LogP contribution in [0, 0.1) is 5.92 Å². The Labute approximate surface area is 112 Å². The van der Waals surface area contributed by atoms with E-state index in [9.17, 15) is 15.0 Å². The third-order valence-electron chi connectivity index (χ3n) is 3.48. The van der Waals surface area contributed by atoms with Gasteiger partial charge in [0.15, 0.2) is 17.4 Å². The molecule has 4 atom stereocenters. The molecule has 3 heterocycles. The molecule has 0 aromatic carbocycles. The van der Waals surface area contributed by atoms with Gasteiger partial charge in [0.05, 0.1) is 32.0 Å². The number of ether oxygens (including phenoxy) is 1. The van der Waals surface area contributed by atoms with Crippen molar-refractivity contribution >= 4 is 11.2 Å². The zero-order valence-corrected chi connectivity index (χ0v) is 10.4. The van der Waals surface area contributed by atoms with Gasteiger partial charge in [-0.1, -0.05) is 0 Å². The van der Waals surface area contributed by atoms with Crippen molar-refractivity contribution in [1.29, 1.82) is 0 Å². The van der Waals surface area contributed by atoms with Crippen LogP contribution in [0.1, 0.15) is 6.23 Å². The number of hydrogen-bond donors (Lipinski definition) is 4. The second-order valence-electron chi connectivity index (χ2n) is 4.70. The third-order valence-corrected chi connectivity index (χ3v) is 3.48. The van der Waals surface area contributed by atoms with Gasteiger partial charge in [-0.3, -0.25) is 9.36 Å². The van der Waals surface area contributed by atoms with E-state index in [0.717, 1.165) is 0 Å². The Kier molecular flexibility index (Phi) is 3.26. The Morgan fingerprint density at radius 1 is 1.40 bits per heavy atom. The normalized spacial score (nSPS) is 30.8. The quantitative estimate of drug-likeness (QED) is 0.499. The summed E-state index contributed by atoms with van der Waals surface area (Å²) in [5.41, 5.74) is -0.0117. The SMILES string of the molecule is O=c1[nH]cnc2c1ncn2[C@H]1OC[C@@H](CO)[C@H](O)[C@H]1O. The highest BCUT2D eigenvalue weighted by Gasteiger charge is 2.39. The summed E-state index contributed by atoms with van der Waals surface area (Å²) in [5.74, 6) is -0.549. The number of fused-ring (bicyclic) bond motifs is 1. The van der Waals surface area contributed by atoms with Crippen LogP contribution in [0.4, 0.5) is 0 Å². The summed E-state index contributed by atoms with van der Waals surface area (Å²) in [6.07, 6.45) is -0.734. The van der Waals surface area contributed by atoms with Crippen molar-refractivity contribution in [2.45, 2.75) is 18.4 Å². The van der Waals surface area contributed by atoms with Gasteiger partial charge in [-0.05, 0) is 0 Å². The molecule has 20 heavy (non-hydrogen) atoms. The zero-order valence-electron chi connectivity index (χ0n) is 10.4. The molecule has 1 aliphatic heterocycles. The van der Waals surface area contributed by atoms with E-state index in [-0.39, 0.29) is 24.4 Å². The maximum atomic E-state index is 11.6. The number of nitrogens with one attached hydrogen (secondary N) is 1. The molecule has 0 bridgehead atoms. The second kappa shape index (κ2) is 4.94. The van der Waals surface area contributed by atoms with Crippen LogP contribution in [-0.4, -0.2) is 60.3 Å². The third kappa shape index (κ3) is 1.91. The molecule has 3 rings (SSSR count). The fourth-order valence-electron chi connectivity index (χ4n) is 2.32. The molecule has 1 fully saturated rings. The molecule has 2 aromatic rings. The van der Waals surface area contributed by atoms with Crippen LogP contribution in [0.15, 0.2) is 17.4 Å². The molecule has 2 aromatic heterocycles. The van der Waals surface area contributed by atoms with Crippen molar-refractivity contribution in [2.24, 2.45) is 5.92 Å². The van der Waals surface area contributed by atoms with Gasteiger partial charge < -0.3 is 25.0 Å². The van der Waals surface area contributed by atoms with Gasteiger partial charge >= 0.3 is 0 Å². The minimum atomic E-state index is -1.25. The van der Waals surface area contributed by atoms with Gasteiger partial charge in [-0.15, -0.1) is 0 Å². The van der Waals surface area contributed by atoms with Crippen LogP contribution in [-0.2, 0) is 4.74 Å². The summed E-state index contributed by atoms with van der Waals surface area (Å²) in [4.78, 5) is 21.9. The lowest BCUT2D eigenvalue weighted by molar-refractivity contribution is -0.196. The van der Waals surface area contributed by atoms with Gasteiger partial charge in [0, 0.05) is 5.92 Å². The van der Waals surface area contributed by atoms with Crippen molar-refractivity contribution in [1.82, 2.24) is 19.5 Å². The molecule has 0 aliphatic carbocycles. The standard InChI is InChI=1S/C11H14N4O5/c16-1-5-2-20-11(8(18)7(5)17)15-4-14-6-9(15)12-3-13-10(6)19/h3-5,7-8,11,16-18H,1-2H2,(H,12,13,19)/t5-,7+,8-,11+/m1/s1. The number of rotatable bonds is 2. The highest BCUT2D eigenvalue weighted by molar-refractivity contribution is 5.68. The van der Waals surface area contributed by atoms with Crippen molar-refractivity contribution in [2.75, 3.05) is 13.2 Å². The predicted molar refractivity (Wildman–Crippen MR) is 65.7 cm³/mol. The average molecular weight is 282 g/mol. The van der Waals surface area contributed by atoms with E-state index in [1.54, 1.807) is 0 Å². The van der Waals surface area contributed by atoms with Gasteiger partial charge in [0.25, 0.3) is 5.56 Å². The summed E-state index contributed by atoms with van der Waals surface area (Å²) in [7, 11) is 0. The summed E-state index contributed by atoms with van der Waals surface area (Å²) in [6.45, 7) is -0.199. The summed E-state index contributed by atoms with van der Waals surface area (Å²) in [6, 6.07) is 0. The van der Waals surface area contributed by atoms with Crippen molar-refractivity contribution in [3.63, 3.8) is 0 Å². The number of aromatic nitrogens is 4. The van der Waals surface area contributed by atoms with E-state index < -0.39 is 29.9 Å². The number of aliphatic hydroxyl groups excluding tert-OH is 3. The number of imidazole rings is 1. The first-order valence-electron chi connectivity index (χ1n) is 6.12. The van der Waals surface area contributed by atoms with E-state index in [0.29, 0.717) is 0 Å². The van der Waals surface area contributed by atoms with Gasteiger partial charge in [-0.2, -0.15) is 0 Å². The number of aromatic amines is 1. The zero-order chi connectivity index (χ0) is 14.3. The Hall–Kier alpha value is -1.81. The molecule has 0 unspecified atom stereocenters. The van der Waals surface area contributed by atoms with Crippen molar-refractivity contribution in [3.05, 3.63) is 23.0 Å². The molecule has 9 nitrogen and oxygen atoms in total. The van der Waals surface area contributed by atoms with Crippen LogP contribution in [0.2, 0.25) is 0 Å². The van der Waals surface area contributed by atoms with Crippen LogP contribution in [0.25, 0.3) is 11.2 Å². The fourth-order valence-corrected chi connectivity index (χ4v) is 2.32. The first-order valence-corrected chi connectivity index (χ1v) is 6.12. The highest BCUT2D eigenvalue weighted by atomic mass is 16.5. The van der Waals surface area contributed by atoms with Crippen molar-refractivity contribution in [3.8, 4) is 0 Å². The fraction of sp³-hybridized carbons (Fsp3) is 0.545. The van der Waals surface area contributed by atoms with E-state index >= 15 is 0 Å². The van der Waals surface area contributed by atoms with E-state index in [1.807, 2.05) is 0 Å². The molecule has 108 valence electrons. The van der Waals surface area contributed by atoms with Crippen LogP contribution in [0.5, 0.6) is 0 Å². The minimum Gasteiger partial charge on any atom is -0.396 e. The number of H-pyrrole nitrogens is 1. The maximum Gasteiger partial charge on any atom is 0.278 e. The number of nitrogens with zero attached hydrogens (tertiary/aromatic N) is 3. The number of hydrogen-bond acceptors (Lipinski definition) is 7. The Morgan fingerprint density at radius 3 is 2.95 bits per heavy atom. The molecular weight excluding hydrogens is 268 g/mol. The summed E-state index contributed by atoms with van der Waals surface area (Å²) in [5, 5.41) is 29.1. The van der Waals surface area contributed by atoms with E-state index in [2.05, 4.69) is 15.0 Å². The maximum absolute atomic E-state index is 11.6. The topological polar surface area (TPSA) is 133 Å². The molecule has 9 heteroatoms. The first kappa shape index (κ1) is 13.2. The molecule has 0 saturated carbocycles. The minimum absolute atomic E-state index is 0.0856. The van der Waals surface area contributed by atoms with Gasteiger partial charge in [0.1, 0.15) is 6.10 Å². The lowest BCUT2D eigenvalue weighted by Gasteiger charge is -2.37. The lowest BCUT2D eigenvalue weighted by Crippen LogP contribution is -2.48.